The first-order valence-corrected chi connectivity index (χ1v) is 10.2. The molecule has 0 amide bonds. The highest BCUT2D eigenvalue weighted by molar-refractivity contribution is 6.04. The molecule has 2 heterocycles. The molecule has 2 aromatic heterocycles. The zero-order chi connectivity index (χ0) is 21.1. The van der Waals surface area contributed by atoms with E-state index in [1.807, 2.05) is 71.4 Å². The van der Waals surface area contributed by atoms with E-state index in [0.717, 1.165) is 17.5 Å². The van der Waals surface area contributed by atoms with Gasteiger partial charge in [0.1, 0.15) is 12.4 Å². The van der Waals surface area contributed by atoms with Gasteiger partial charge in [-0.1, -0.05) is 56.3 Å². The molecule has 4 aromatic rings. The van der Waals surface area contributed by atoms with Crippen LogP contribution in [0.1, 0.15) is 47.7 Å². The Balaban J connectivity index is 1.85. The van der Waals surface area contributed by atoms with Gasteiger partial charge in [-0.3, -0.25) is 0 Å². The van der Waals surface area contributed by atoms with Gasteiger partial charge in [0.2, 0.25) is 0 Å². The minimum Gasteiger partial charge on any atom is -0.488 e. The summed E-state index contributed by atoms with van der Waals surface area (Å²) >= 11 is 0. The fraction of sp³-hybridized carbons (Fsp3) is 0.192. The molecule has 0 saturated heterocycles. The molecule has 0 saturated carbocycles. The van der Waals surface area contributed by atoms with E-state index in [2.05, 4.69) is 26.0 Å². The van der Waals surface area contributed by atoms with Gasteiger partial charge in [0.05, 0.1) is 11.1 Å². The van der Waals surface area contributed by atoms with Crippen molar-refractivity contribution in [3.8, 4) is 16.9 Å². The lowest BCUT2D eigenvalue weighted by atomic mass is 9.93. The Morgan fingerprint density at radius 2 is 1.80 bits per heavy atom. The molecule has 0 aliphatic rings. The van der Waals surface area contributed by atoms with Crippen LogP contribution in [0, 0.1) is 0 Å². The number of carboxylic acid groups (broad SMARTS) is 1. The Labute approximate surface area is 176 Å². The summed E-state index contributed by atoms with van der Waals surface area (Å²) in [6, 6.07) is 21.7. The first-order chi connectivity index (χ1) is 14.6. The summed E-state index contributed by atoms with van der Waals surface area (Å²) in [6.45, 7) is 4.75. The van der Waals surface area contributed by atoms with Crippen molar-refractivity contribution >= 4 is 11.5 Å². The Bertz CT molecular complexity index is 1180. The molecule has 152 valence electrons. The van der Waals surface area contributed by atoms with E-state index in [0.29, 0.717) is 34.9 Å². The van der Waals surface area contributed by atoms with Crippen LogP contribution in [0.4, 0.5) is 0 Å². The van der Waals surface area contributed by atoms with Crippen LogP contribution in [0.15, 0.2) is 79.1 Å². The van der Waals surface area contributed by atoms with Gasteiger partial charge in [-0.2, -0.15) is 0 Å². The number of carbonyl (C=O) groups is 1. The van der Waals surface area contributed by atoms with Gasteiger partial charge < -0.3 is 14.2 Å². The third kappa shape index (κ3) is 3.81. The molecule has 1 unspecified atom stereocenters. The summed E-state index contributed by atoms with van der Waals surface area (Å²) in [5.74, 6) is 0.114. The number of benzene rings is 2. The lowest BCUT2D eigenvalue weighted by molar-refractivity contribution is 0.0700. The van der Waals surface area contributed by atoms with Crippen LogP contribution in [-0.2, 0) is 6.61 Å². The van der Waals surface area contributed by atoms with E-state index in [1.54, 1.807) is 0 Å². The van der Waals surface area contributed by atoms with E-state index in [-0.39, 0.29) is 0 Å². The zero-order valence-electron chi connectivity index (χ0n) is 17.2. The van der Waals surface area contributed by atoms with Crippen molar-refractivity contribution in [1.29, 1.82) is 0 Å². The zero-order valence-corrected chi connectivity index (χ0v) is 17.2. The van der Waals surface area contributed by atoms with E-state index in [1.165, 1.54) is 5.56 Å². The van der Waals surface area contributed by atoms with Crippen LogP contribution < -0.4 is 4.74 Å². The van der Waals surface area contributed by atoms with Crippen molar-refractivity contribution in [1.82, 2.24) is 4.40 Å². The first-order valence-electron chi connectivity index (χ1n) is 10.2. The predicted octanol–water partition coefficient (Wildman–Crippen LogP) is 6.40. The van der Waals surface area contributed by atoms with Crippen molar-refractivity contribution in [2.24, 2.45) is 0 Å². The molecule has 0 fully saturated rings. The van der Waals surface area contributed by atoms with E-state index in [4.69, 9.17) is 4.74 Å². The van der Waals surface area contributed by atoms with Gasteiger partial charge >= 0.3 is 5.97 Å². The summed E-state index contributed by atoms with van der Waals surface area (Å²) in [7, 11) is 0. The second-order valence-corrected chi connectivity index (χ2v) is 7.56. The Morgan fingerprint density at radius 1 is 1.03 bits per heavy atom. The Kier molecular flexibility index (Phi) is 5.57. The minimum absolute atomic E-state index is 0.293. The molecule has 4 nitrogen and oxygen atoms in total. The van der Waals surface area contributed by atoms with Gasteiger partial charge in [0.25, 0.3) is 0 Å². The van der Waals surface area contributed by atoms with Gasteiger partial charge in [-0.05, 0) is 47.7 Å². The second-order valence-electron chi connectivity index (χ2n) is 7.56. The van der Waals surface area contributed by atoms with Crippen molar-refractivity contribution in [3.63, 3.8) is 0 Å². The molecule has 1 atom stereocenters. The Hall–Kier alpha value is -3.53. The van der Waals surface area contributed by atoms with Crippen molar-refractivity contribution in [2.75, 3.05) is 0 Å². The Morgan fingerprint density at radius 3 is 2.53 bits per heavy atom. The maximum Gasteiger partial charge on any atom is 0.338 e. The van der Waals surface area contributed by atoms with Crippen molar-refractivity contribution < 1.29 is 14.6 Å². The van der Waals surface area contributed by atoms with Crippen molar-refractivity contribution in [2.45, 2.75) is 32.8 Å². The van der Waals surface area contributed by atoms with Gasteiger partial charge in [-0.15, -0.1) is 0 Å². The highest BCUT2D eigenvalue weighted by atomic mass is 16.5. The number of hydrogen-bond acceptors (Lipinski definition) is 2. The molecular weight excluding hydrogens is 374 g/mol. The topological polar surface area (TPSA) is 50.9 Å². The number of hydrogen-bond donors (Lipinski definition) is 1. The van der Waals surface area contributed by atoms with Crippen LogP contribution in [-0.4, -0.2) is 15.5 Å². The fourth-order valence-electron chi connectivity index (χ4n) is 3.71. The number of nitrogens with zero attached hydrogens (tertiary/aromatic N) is 1. The second kappa shape index (κ2) is 8.46. The molecule has 1 N–H and O–H groups in total. The van der Waals surface area contributed by atoms with Crippen molar-refractivity contribution in [3.05, 3.63) is 95.8 Å². The van der Waals surface area contributed by atoms with E-state index < -0.39 is 5.97 Å². The number of aromatic nitrogens is 1. The number of ether oxygens (including phenoxy) is 1. The molecule has 0 radical (unpaired) electrons. The lowest BCUT2D eigenvalue weighted by Gasteiger charge is -2.16. The van der Waals surface area contributed by atoms with Gasteiger partial charge in [0, 0.05) is 23.5 Å². The summed E-state index contributed by atoms with van der Waals surface area (Å²) in [6.07, 6.45) is 4.76. The van der Waals surface area contributed by atoms with Gasteiger partial charge in [-0.25, -0.2) is 4.79 Å². The average Bonchev–Trinajstić information content (AvgIpc) is 3.17. The van der Waals surface area contributed by atoms with Gasteiger partial charge in [0.15, 0.2) is 0 Å². The van der Waals surface area contributed by atoms with Crippen LogP contribution in [0.3, 0.4) is 0 Å². The first kappa shape index (κ1) is 19.8. The smallest absolute Gasteiger partial charge is 0.338 e. The van der Waals surface area contributed by atoms with Crippen LogP contribution in [0.25, 0.3) is 16.6 Å². The highest BCUT2D eigenvalue weighted by Gasteiger charge is 2.22. The molecule has 4 rings (SSSR count). The normalized spacial score (nSPS) is 12.1. The van der Waals surface area contributed by atoms with Crippen LogP contribution in [0.5, 0.6) is 5.75 Å². The molecule has 0 aliphatic carbocycles. The third-order valence-electron chi connectivity index (χ3n) is 5.61. The molecule has 30 heavy (non-hydrogen) atoms. The largest absolute Gasteiger partial charge is 0.488 e. The number of carboxylic acids is 1. The fourth-order valence-corrected chi connectivity index (χ4v) is 3.71. The molecule has 4 heteroatoms. The summed E-state index contributed by atoms with van der Waals surface area (Å²) in [5, 5.41) is 9.98. The van der Waals surface area contributed by atoms with Crippen LogP contribution in [0.2, 0.25) is 0 Å². The van der Waals surface area contributed by atoms with Crippen LogP contribution >= 0.6 is 0 Å². The SMILES string of the molecule is CCC(C)c1ccc(OCc2ccccc2)c(-c2cn3ccccc3c2C(=O)O)c1. The standard InChI is InChI=1S/C26H25NO3/c1-3-18(2)20-12-13-24(30-17-19-9-5-4-6-10-19)21(15-20)22-16-27-14-8-7-11-23(27)25(22)26(28)29/h4-16,18H,3,17H2,1-2H3,(H,28,29). The summed E-state index contributed by atoms with van der Waals surface area (Å²) in [5.41, 5.74) is 4.68. The minimum atomic E-state index is -0.943. The average molecular weight is 399 g/mol. The number of aromatic carboxylic acids is 1. The van der Waals surface area contributed by atoms with E-state index in [9.17, 15) is 9.90 Å². The van der Waals surface area contributed by atoms with E-state index >= 15 is 0 Å². The molecule has 0 spiro atoms. The highest BCUT2D eigenvalue weighted by Crippen LogP contribution is 2.38. The summed E-state index contributed by atoms with van der Waals surface area (Å²) in [4.78, 5) is 12.2. The monoisotopic (exact) mass is 399 g/mol. The number of rotatable bonds is 7. The molecule has 2 aromatic carbocycles. The maximum absolute atomic E-state index is 12.2. The maximum atomic E-state index is 12.2. The number of fused-ring (bicyclic) bond motifs is 1. The molecule has 0 bridgehead atoms. The summed E-state index contributed by atoms with van der Waals surface area (Å²) < 4.78 is 8.03. The quantitative estimate of drug-likeness (QED) is 0.391. The number of pyridine rings is 1. The molecular formula is C26H25NO3. The molecule has 0 aliphatic heterocycles. The lowest BCUT2D eigenvalue weighted by Crippen LogP contribution is -2.02. The predicted molar refractivity (Wildman–Crippen MR) is 119 cm³/mol. The third-order valence-corrected chi connectivity index (χ3v) is 5.61.